The van der Waals surface area contributed by atoms with E-state index in [0.29, 0.717) is 0 Å². The molecule has 0 amide bonds. The smallest absolute Gasteiger partial charge is 0.151 e. The maximum Gasteiger partial charge on any atom is 0.151 e. The molecule has 0 unspecified atom stereocenters. The molecule has 84 valence electrons. The summed E-state index contributed by atoms with van der Waals surface area (Å²) in [7, 11) is 0. The van der Waals surface area contributed by atoms with E-state index in [9.17, 15) is 0 Å². The maximum absolute atomic E-state index is 5.87. The van der Waals surface area contributed by atoms with E-state index in [0.717, 1.165) is 36.8 Å². The Labute approximate surface area is 93.2 Å². The first-order valence-corrected chi connectivity index (χ1v) is 5.43. The first-order valence-electron chi connectivity index (χ1n) is 5.43. The van der Waals surface area contributed by atoms with Crippen molar-refractivity contribution >= 4 is 5.82 Å². The van der Waals surface area contributed by atoms with Gasteiger partial charge in [-0.2, -0.15) is 5.10 Å². The van der Waals surface area contributed by atoms with Crippen molar-refractivity contribution in [2.75, 3.05) is 18.0 Å². The van der Waals surface area contributed by atoms with Gasteiger partial charge >= 0.3 is 0 Å². The first kappa shape index (κ1) is 9.47. The van der Waals surface area contributed by atoms with Gasteiger partial charge in [-0.1, -0.05) is 0 Å². The maximum atomic E-state index is 5.87. The molecule has 1 fully saturated rings. The zero-order valence-corrected chi connectivity index (χ0v) is 8.89. The van der Waals surface area contributed by atoms with Crippen LogP contribution in [0.25, 0.3) is 11.5 Å². The van der Waals surface area contributed by atoms with Crippen LogP contribution in [0.3, 0.4) is 0 Å². The largest absolute Gasteiger partial charge is 0.463 e. The van der Waals surface area contributed by atoms with Gasteiger partial charge in [-0.15, -0.1) is 0 Å². The Balaban J connectivity index is 1.83. The van der Waals surface area contributed by atoms with Crippen LogP contribution < -0.4 is 10.6 Å². The molecule has 5 nitrogen and oxygen atoms in total. The van der Waals surface area contributed by atoms with Gasteiger partial charge in [0.25, 0.3) is 0 Å². The fourth-order valence-corrected chi connectivity index (χ4v) is 2.03. The second-order valence-corrected chi connectivity index (χ2v) is 4.11. The number of aromatic nitrogens is 2. The van der Waals surface area contributed by atoms with Crippen molar-refractivity contribution in [3.63, 3.8) is 0 Å². The number of nitrogens with one attached hydrogen (secondary N) is 1. The number of aromatic amines is 1. The van der Waals surface area contributed by atoms with Gasteiger partial charge in [0.2, 0.25) is 0 Å². The van der Waals surface area contributed by atoms with Crippen molar-refractivity contribution in [2.45, 2.75) is 12.5 Å². The second kappa shape index (κ2) is 3.68. The molecule has 5 heteroatoms. The highest BCUT2D eigenvalue weighted by atomic mass is 16.3. The standard InChI is InChI=1S/C11H14N4O/c12-8-3-4-15(7-8)11-6-9(13-14-11)10-2-1-5-16-10/h1-2,5-6,8H,3-4,7,12H2,(H,13,14)/t8-/m0/s1. The lowest BCUT2D eigenvalue weighted by molar-refractivity contribution is 0.580. The van der Waals surface area contributed by atoms with Crippen molar-refractivity contribution in [1.82, 2.24) is 10.2 Å². The summed E-state index contributed by atoms with van der Waals surface area (Å²) in [6.45, 7) is 1.85. The molecular weight excluding hydrogens is 204 g/mol. The lowest BCUT2D eigenvalue weighted by atomic mass is 10.3. The average Bonchev–Trinajstić information content (AvgIpc) is 2.97. The molecule has 2 aromatic rings. The van der Waals surface area contributed by atoms with E-state index in [1.165, 1.54) is 0 Å². The van der Waals surface area contributed by atoms with Gasteiger partial charge in [0.15, 0.2) is 11.6 Å². The van der Waals surface area contributed by atoms with Crippen LogP contribution in [0.5, 0.6) is 0 Å². The highest BCUT2D eigenvalue weighted by Gasteiger charge is 2.21. The van der Waals surface area contributed by atoms with Gasteiger partial charge in [0.1, 0.15) is 5.69 Å². The number of hydrogen-bond donors (Lipinski definition) is 2. The molecule has 0 radical (unpaired) electrons. The molecule has 16 heavy (non-hydrogen) atoms. The summed E-state index contributed by atoms with van der Waals surface area (Å²) < 4.78 is 5.30. The lowest BCUT2D eigenvalue weighted by Gasteiger charge is -2.13. The summed E-state index contributed by atoms with van der Waals surface area (Å²) >= 11 is 0. The summed E-state index contributed by atoms with van der Waals surface area (Å²) in [6, 6.07) is 6.04. The van der Waals surface area contributed by atoms with Gasteiger partial charge in [-0.25, -0.2) is 0 Å². The van der Waals surface area contributed by atoms with Gasteiger partial charge in [0, 0.05) is 25.2 Å². The van der Waals surface area contributed by atoms with Crippen LogP contribution in [0.4, 0.5) is 5.82 Å². The Kier molecular flexibility index (Phi) is 2.18. The summed E-state index contributed by atoms with van der Waals surface area (Å²) in [5.41, 5.74) is 6.77. The molecule has 3 heterocycles. The summed E-state index contributed by atoms with van der Waals surface area (Å²) in [6.07, 6.45) is 2.69. The van der Waals surface area contributed by atoms with Crippen LogP contribution in [0.15, 0.2) is 28.9 Å². The Bertz CT molecular complexity index is 462. The van der Waals surface area contributed by atoms with Gasteiger partial charge in [0.05, 0.1) is 6.26 Å². The molecule has 0 spiro atoms. The molecule has 1 saturated heterocycles. The highest BCUT2D eigenvalue weighted by Crippen LogP contribution is 2.24. The molecule has 0 bridgehead atoms. The Morgan fingerprint density at radius 1 is 1.56 bits per heavy atom. The van der Waals surface area contributed by atoms with E-state index < -0.39 is 0 Å². The summed E-state index contributed by atoms with van der Waals surface area (Å²) in [4.78, 5) is 2.19. The van der Waals surface area contributed by atoms with Crippen molar-refractivity contribution in [3.05, 3.63) is 24.5 Å². The average molecular weight is 218 g/mol. The number of nitrogens with two attached hydrogens (primary N) is 1. The Hall–Kier alpha value is -1.75. The van der Waals surface area contributed by atoms with Crippen LogP contribution in [0.2, 0.25) is 0 Å². The minimum Gasteiger partial charge on any atom is -0.463 e. The van der Waals surface area contributed by atoms with Crippen LogP contribution >= 0.6 is 0 Å². The van der Waals surface area contributed by atoms with Crippen LogP contribution in [0, 0.1) is 0 Å². The van der Waals surface area contributed by atoms with Crippen molar-refractivity contribution in [3.8, 4) is 11.5 Å². The fraction of sp³-hybridized carbons (Fsp3) is 0.364. The van der Waals surface area contributed by atoms with E-state index >= 15 is 0 Å². The number of H-pyrrole nitrogens is 1. The monoisotopic (exact) mass is 218 g/mol. The Morgan fingerprint density at radius 3 is 3.19 bits per heavy atom. The van der Waals surface area contributed by atoms with Gasteiger partial charge in [-0.05, 0) is 18.6 Å². The molecule has 1 aliphatic rings. The molecule has 0 aliphatic carbocycles. The summed E-state index contributed by atoms with van der Waals surface area (Å²) in [5.74, 6) is 1.75. The van der Waals surface area contributed by atoms with Gasteiger partial charge in [-0.3, -0.25) is 5.10 Å². The number of nitrogens with zero attached hydrogens (tertiary/aromatic N) is 2. The quantitative estimate of drug-likeness (QED) is 0.794. The van der Waals surface area contributed by atoms with Crippen molar-refractivity contribution in [1.29, 1.82) is 0 Å². The lowest BCUT2D eigenvalue weighted by Crippen LogP contribution is -2.26. The molecule has 2 aromatic heterocycles. The fourth-order valence-electron chi connectivity index (χ4n) is 2.03. The molecule has 3 N–H and O–H groups in total. The third-order valence-electron chi connectivity index (χ3n) is 2.90. The van der Waals surface area contributed by atoms with E-state index in [1.54, 1.807) is 6.26 Å². The third kappa shape index (κ3) is 1.59. The number of anilines is 1. The van der Waals surface area contributed by atoms with Crippen LogP contribution in [-0.4, -0.2) is 29.3 Å². The highest BCUT2D eigenvalue weighted by molar-refractivity contribution is 5.58. The number of rotatable bonds is 2. The van der Waals surface area contributed by atoms with Crippen molar-refractivity contribution < 1.29 is 4.42 Å². The third-order valence-corrected chi connectivity index (χ3v) is 2.90. The van der Waals surface area contributed by atoms with E-state index in [1.807, 2.05) is 18.2 Å². The Morgan fingerprint density at radius 2 is 2.50 bits per heavy atom. The van der Waals surface area contributed by atoms with Crippen molar-refractivity contribution in [2.24, 2.45) is 5.73 Å². The summed E-state index contributed by atoms with van der Waals surface area (Å²) in [5, 5.41) is 7.25. The van der Waals surface area contributed by atoms with E-state index in [-0.39, 0.29) is 6.04 Å². The minimum atomic E-state index is 0.267. The van der Waals surface area contributed by atoms with E-state index in [2.05, 4.69) is 15.1 Å². The van der Waals surface area contributed by atoms with Crippen LogP contribution in [0.1, 0.15) is 6.42 Å². The molecule has 0 aromatic carbocycles. The molecular formula is C11H14N4O. The topological polar surface area (TPSA) is 71.1 Å². The minimum absolute atomic E-state index is 0.267. The predicted octanol–water partition coefficient (Wildman–Crippen LogP) is 1.21. The van der Waals surface area contributed by atoms with Crippen LogP contribution in [-0.2, 0) is 0 Å². The van der Waals surface area contributed by atoms with Gasteiger partial charge < -0.3 is 15.1 Å². The number of hydrogen-bond acceptors (Lipinski definition) is 4. The first-order chi connectivity index (χ1) is 7.83. The SMILES string of the molecule is N[C@H]1CCN(c2cc(-c3ccco3)[nH]n2)C1. The normalized spacial score (nSPS) is 20.6. The molecule has 3 rings (SSSR count). The zero-order chi connectivity index (χ0) is 11.0. The predicted molar refractivity (Wildman–Crippen MR) is 61.1 cm³/mol. The molecule has 1 aliphatic heterocycles. The second-order valence-electron chi connectivity index (χ2n) is 4.11. The zero-order valence-electron chi connectivity index (χ0n) is 8.89. The van der Waals surface area contributed by atoms with E-state index in [4.69, 9.17) is 10.2 Å². The molecule has 0 saturated carbocycles. The number of furan rings is 1. The molecule has 1 atom stereocenters.